The lowest BCUT2D eigenvalue weighted by atomic mass is 10.1. The first kappa shape index (κ1) is 13.2. The van der Waals surface area contributed by atoms with Gasteiger partial charge in [-0.25, -0.2) is 4.98 Å². The molecule has 4 nitrogen and oxygen atoms in total. The maximum absolute atomic E-state index is 12.0. The third-order valence-corrected chi connectivity index (χ3v) is 3.11. The minimum atomic E-state index is -0.277. The van der Waals surface area contributed by atoms with E-state index in [0.29, 0.717) is 22.3 Å². The van der Waals surface area contributed by atoms with Crippen LogP contribution in [-0.2, 0) is 6.42 Å². The summed E-state index contributed by atoms with van der Waals surface area (Å²) in [6.07, 6.45) is 1.93. The number of benzene rings is 1. The fourth-order valence-electron chi connectivity index (χ4n) is 1.54. The normalized spacial score (nSPS) is 9.68. The number of nitrogens with one attached hydrogen (secondary N) is 1. The summed E-state index contributed by atoms with van der Waals surface area (Å²) in [5.41, 5.74) is 1.92. The van der Waals surface area contributed by atoms with Crippen molar-refractivity contribution in [3.63, 3.8) is 0 Å². The predicted molar refractivity (Wildman–Crippen MR) is 75.6 cm³/mol. The largest absolute Gasteiger partial charge is 0.321 e. The highest BCUT2D eigenvalue weighted by Crippen LogP contribution is 2.16. The van der Waals surface area contributed by atoms with Gasteiger partial charge in [-0.15, -0.1) is 0 Å². The molecule has 0 saturated heterocycles. The second kappa shape index (κ2) is 6.12. The Bertz CT molecular complexity index is 632. The molecule has 19 heavy (non-hydrogen) atoms. The number of nitrogens with zero attached hydrogens (tertiary/aromatic N) is 2. The average Bonchev–Trinajstić information content (AvgIpc) is 2.42. The molecule has 0 atom stereocenters. The lowest BCUT2D eigenvalue weighted by molar-refractivity contribution is 0.102. The molecule has 2 rings (SSSR count). The average molecular weight is 316 g/mol. The number of pyridine rings is 1. The van der Waals surface area contributed by atoms with E-state index in [2.05, 4.69) is 32.3 Å². The van der Waals surface area contributed by atoms with Crippen LogP contribution in [0.3, 0.4) is 0 Å². The molecule has 1 heterocycles. The zero-order valence-corrected chi connectivity index (χ0v) is 11.5. The molecule has 1 amide bonds. The lowest BCUT2D eigenvalue weighted by Gasteiger charge is -2.06. The summed E-state index contributed by atoms with van der Waals surface area (Å²) in [5, 5.41) is 11.3. The van der Waals surface area contributed by atoms with Gasteiger partial charge in [0, 0.05) is 16.4 Å². The summed E-state index contributed by atoms with van der Waals surface area (Å²) in [6.45, 7) is 0. The zero-order chi connectivity index (χ0) is 13.7. The molecule has 0 aliphatic carbocycles. The van der Waals surface area contributed by atoms with E-state index in [1.165, 1.54) is 0 Å². The first-order valence-corrected chi connectivity index (χ1v) is 6.38. The number of carbonyl (C=O) groups excluding carboxylic acids is 1. The van der Waals surface area contributed by atoms with E-state index < -0.39 is 0 Å². The van der Waals surface area contributed by atoms with E-state index in [1.807, 2.05) is 12.1 Å². The Balaban J connectivity index is 2.11. The number of rotatable bonds is 3. The van der Waals surface area contributed by atoms with Crippen molar-refractivity contribution in [3.8, 4) is 6.07 Å². The lowest BCUT2D eigenvalue weighted by Crippen LogP contribution is -2.14. The van der Waals surface area contributed by atoms with Crippen LogP contribution in [0.1, 0.15) is 16.1 Å². The molecule has 94 valence electrons. The Hall–Kier alpha value is -2.19. The van der Waals surface area contributed by atoms with E-state index in [1.54, 1.807) is 30.5 Å². The Kier molecular flexibility index (Phi) is 4.26. The van der Waals surface area contributed by atoms with Crippen molar-refractivity contribution in [1.82, 2.24) is 4.98 Å². The SMILES string of the molecule is N#CCc1ccc(NC(=O)c2ncccc2Br)cc1. The summed E-state index contributed by atoms with van der Waals surface area (Å²) in [7, 11) is 0. The molecule has 2 aromatic rings. The maximum Gasteiger partial charge on any atom is 0.275 e. The standard InChI is InChI=1S/C14H10BrN3O/c15-12-2-1-9-17-13(12)14(19)18-11-5-3-10(4-6-11)7-8-16/h1-6,9H,7H2,(H,18,19). The van der Waals surface area contributed by atoms with Crippen LogP contribution in [0.5, 0.6) is 0 Å². The molecule has 5 heteroatoms. The Morgan fingerprint density at radius 1 is 1.32 bits per heavy atom. The quantitative estimate of drug-likeness (QED) is 0.946. The molecule has 0 fully saturated rings. The first-order valence-electron chi connectivity index (χ1n) is 5.58. The summed E-state index contributed by atoms with van der Waals surface area (Å²) in [4.78, 5) is 16.0. The van der Waals surface area contributed by atoms with Crippen LogP contribution < -0.4 is 5.32 Å². The van der Waals surface area contributed by atoms with Gasteiger partial charge in [0.05, 0.1) is 12.5 Å². The Morgan fingerprint density at radius 2 is 2.05 bits per heavy atom. The highest BCUT2D eigenvalue weighted by molar-refractivity contribution is 9.10. The fraction of sp³-hybridized carbons (Fsp3) is 0.0714. The van der Waals surface area contributed by atoms with Crippen LogP contribution in [0.2, 0.25) is 0 Å². The maximum atomic E-state index is 12.0. The van der Waals surface area contributed by atoms with Gasteiger partial charge in [0.1, 0.15) is 5.69 Å². The number of nitriles is 1. The number of anilines is 1. The summed E-state index contributed by atoms with van der Waals surface area (Å²) in [6, 6.07) is 12.7. The smallest absolute Gasteiger partial charge is 0.275 e. The third kappa shape index (κ3) is 3.39. The van der Waals surface area contributed by atoms with Crippen LogP contribution in [0, 0.1) is 11.3 Å². The van der Waals surface area contributed by atoms with Crippen molar-refractivity contribution < 1.29 is 4.79 Å². The topological polar surface area (TPSA) is 65.8 Å². The molecule has 1 aromatic carbocycles. The second-order valence-corrected chi connectivity index (χ2v) is 4.67. The molecule has 0 bridgehead atoms. The molecular formula is C14H10BrN3O. The highest BCUT2D eigenvalue weighted by atomic mass is 79.9. The molecule has 0 radical (unpaired) electrons. The van der Waals surface area contributed by atoms with E-state index in [0.717, 1.165) is 5.56 Å². The first-order chi connectivity index (χ1) is 9.20. The van der Waals surface area contributed by atoms with Gasteiger partial charge in [0.15, 0.2) is 0 Å². The third-order valence-electron chi connectivity index (χ3n) is 2.47. The van der Waals surface area contributed by atoms with Crippen molar-refractivity contribution in [1.29, 1.82) is 5.26 Å². The van der Waals surface area contributed by atoms with Crippen LogP contribution in [0.25, 0.3) is 0 Å². The molecule has 0 unspecified atom stereocenters. The summed E-state index contributed by atoms with van der Waals surface area (Å²) in [5.74, 6) is -0.277. The molecule has 1 N–H and O–H groups in total. The van der Waals surface area contributed by atoms with Crippen molar-refractivity contribution in [2.24, 2.45) is 0 Å². The summed E-state index contributed by atoms with van der Waals surface area (Å²) >= 11 is 3.28. The van der Waals surface area contributed by atoms with E-state index in [4.69, 9.17) is 5.26 Å². The zero-order valence-electron chi connectivity index (χ0n) is 9.93. The van der Waals surface area contributed by atoms with Gasteiger partial charge in [0.2, 0.25) is 0 Å². The Morgan fingerprint density at radius 3 is 2.68 bits per heavy atom. The second-order valence-electron chi connectivity index (χ2n) is 3.82. The highest BCUT2D eigenvalue weighted by Gasteiger charge is 2.10. The number of amides is 1. The van der Waals surface area contributed by atoms with Gasteiger partial charge in [-0.2, -0.15) is 5.26 Å². The van der Waals surface area contributed by atoms with Gasteiger partial charge in [0.25, 0.3) is 5.91 Å². The number of aromatic nitrogens is 1. The minimum Gasteiger partial charge on any atom is -0.321 e. The van der Waals surface area contributed by atoms with E-state index in [9.17, 15) is 4.79 Å². The van der Waals surface area contributed by atoms with E-state index in [-0.39, 0.29) is 5.91 Å². The number of hydrogen-bond acceptors (Lipinski definition) is 3. The Labute approximate surface area is 119 Å². The monoisotopic (exact) mass is 315 g/mol. The molecule has 0 aliphatic heterocycles. The van der Waals surface area contributed by atoms with Crippen molar-refractivity contribution in [2.75, 3.05) is 5.32 Å². The van der Waals surface area contributed by atoms with Crippen LogP contribution >= 0.6 is 15.9 Å². The van der Waals surface area contributed by atoms with Gasteiger partial charge >= 0.3 is 0 Å². The number of hydrogen-bond donors (Lipinski definition) is 1. The minimum absolute atomic E-state index is 0.277. The number of carbonyl (C=O) groups is 1. The molecule has 0 spiro atoms. The number of halogens is 1. The van der Waals surface area contributed by atoms with Crippen molar-refractivity contribution in [3.05, 3.63) is 58.3 Å². The van der Waals surface area contributed by atoms with Gasteiger partial charge in [-0.1, -0.05) is 12.1 Å². The van der Waals surface area contributed by atoms with Gasteiger partial charge < -0.3 is 5.32 Å². The molecule has 0 aliphatic rings. The van der Waals surface area contributed by atoms with Gasteiger partial charge in [-0.05, 0) is 45.8 Å². The van der Waals surface area contributed by atoms with Crippen LogP contribution in [0.4, 0.5) is 5.69 Å². The molecule has 0 saturated carbocycles. The van der Waals surface area contributed by atoms with Crippen LogP contribution in [0.15, 0.2) is 47.1 Å². The van der Waals surface area contributed by atoms with Crippen molar-refractivity contribution >= 4 is 27.5 Å². The summed E-state index contributed by atoms with van der Waals surface area (Å²) < 4.78 is 0.647. The van der Waals surface area contributed by atoms with Crippen molar-refractivity contribution in [2.45, 2.75) is 6.42 Å². The van der Waals surface area contributed by atoms with Crippen LogP contribution in [-0.4, -0.2) is 10.9 Å². The fourth-order valence-corrected chi connectivity index (χ4v) is 1.98. The predicted octanol–water partition coefficient (Wildman–Crippen LogP) is 3.16. The molecule has 1 aromatic heterocycles. The van der Waals surface area contributed by atoms with E-state index >= 15 is 0 Å². The van der Waals surface area contributed by atoms with Gasteiger partial charge in [-0.3, -0.25) is 4.79 Å². The molecular weight excluding hydrogens is 306 g/mol.